The lowest BCUT2D eigenvalue weighted by Gasteiger charge is -2.04. The Kier molecular flexibility index (Phi) is 3.20. The second-order valence-electron chi connectivity index (χ2n) is 4.07. The van der Waals surface area contributed by atoms with E-state index in [1.165, 1.54) is 0 Å². The van der Waals surface area contributed by atoms with Crippen molar-refractivity contribution in [3.63, 3.8) is 0 Å². The third-order valence-corrected chi connectivity index (χ3v) is 2.68. The van der Waals surface area contributed by atoms with Crippen molar-refractivity contribution in [3.05, 3.63) is 66.9 Å². The molecule has 98 valence electrons. The zero-order valence-electron chi connectivity index (χ0n) is 10.5. The highest BCUT2D eigenvalue weighted by Crippen LogP contribution is 2.08. The number of nitrogens with zero attached hydrogens (tertiary/aromatic N) is 4. The van der Waals surface area contributed by atoms with Gasteiger partial charge in [0.05, 0.1) is 0 Å². The summed E-state index contributed by atoms with van der Waals surface area (Å²) in [5.41, 5.74) is 0.982. The summed E-state index contributed by atoms with van der Waals surface area (Å²) in [5.74, 6) is 0.319. The maximum Gasteiger partial charge on any atom is 0.276 e. The molecule has 2 heterocycles. The summed E-state index contributed by atoms with van der Waals surface area (Å²) in [4.78, 5) is 15.9. The number of nitrogens with one attached hydrogen (secondary N) is 1. The summed E-state index contributed by atoms with van der Waals surface area (Å²) in [6.07, 6.45) is 5.03. The molecule has 3 rings (SSSR count). The molecule has 1 aromatic carbocycles. The van der Waals surface area contributed by atoms with Gasteiger partial charge in [-0.15, -0.1) is 10.2 Å². The third kappa shape index (κ3) is 2.54. The molecule has 0 aliphatic heterocycles. The van der Waals surface area contributed by atoms with E-state index in [-0.39, 0.29) is 11.6 Å². The summed E-state index contributed by atoms with van der Waals surface area (Å²) < 4.78 is 1.71. The average Bonchev–Trinajstić information content (AvgIpc) is 3.03. The molecular weight excluding hydrogens is 254 g/mol. The molecule has 1 N–H and O–H groups in total. The Hall–Kier alpha value is -3.02. The average molecular weight is 265 g/mol. The van der Waals surface area contributed by atoms with Crippen LogP contribution in [-0.2, 0) is 0 Å². The summed E-state index contributed by atoms with van der Waals surface area (Å²) in [5, 5.41) is 10.7. The van der Waals surface area contributed by atoms with E-state index in [0.717, 1.165) is 5.69 Å². The van der Waals surface area contributed by atoms with Crippen LogP contribution >= 0.6 is 0 Å². The molecule has 0 aliphatic carbocycles. The van der Waals surface area contributed by atoms with Gasteiger partial charge in [0.25, 0.3) is 5.91 Å². The fourth-order valence-electron chi connectivity index (χ4n) is 1.70. The Balaban J connectivity index is 1.76. The molecule has 0 spiro atoms. The standard InChI is InChI=1S/C14H11N5O/c20-14(16-11-4-2-1-3-5-11)12-6-7-13(18-17-12)19-9-8-15-10-19/h1-10H,(H,16,20). The van der Waals surface area contributed by atoms with Crippen LogP contribution in [0.15, 0.2) is 61.2 Å². The minimum Gasteiger partial charge on any atom is -0.321 e. The van der Waals surface area contributed by atoms with E-state index in [1.54, 1.807) is 35.4 Å². The summed E-state index contributed by atoms with van der Waals surface area (Å²) >= 11 is 0. The lowest BCUT2D eigenvalue weighted by molar-refractivity contribution is 0.102. The normalized spacial score (nSPS) is 10.2. The second-order valence-corrected chi connectivity index (χ2v) is 4.07. The predicted octanol–water partition coefficient (Wildman–Crippen LogP) is 1.91. The van der Waals surface area contributed by atoms with Crippen LogP contribution < -0.4 is 5.32 Å². The van der Waals surface area contributed by atoms with Gasteiger partial charge in [0.2, 0.25) is 0 Å². The van der Waals surface area contributed by atoms with Gasteiger partial charge in [-0.05, 0) is 24.3 Å². The zero-order chi connectivity index (χ0) is 13.8. The molecule has 0 atom stereocenters. The van der Waals surface area contributed by atoms with E-state index >= 15 is 0 Å². The largest absolute Gasteiger partial charge is 0.321 e. The van der Waals surface area contributed by atoms with Crippen molar-refractivity contribution in [2.24, 2.45) is 0 Å². The number of imidazole rings is 1. The number of hydrogen-bond donors (Lipinski definition) is 1. The molecule has 0 bridgehead atoms. The topological polar surface area (TPSA) is 72.7 Å². The second kappa shape index (κ2) is 5.31. The molecule has 3 aromatic rings. The van der Waals surface area contributed by atoms with Crippen LogP contribution in [0.25, 0.3) is 5.82 Å². The number of hydrogen-bond acceptors (Lipinski definition) is 4. The van der Waals surface area contributed by atoms with Gasteiger partial charge < -0.3 is 5.32 Å². The first kappa shape index (κ1) is 12.0. The van der Waals surface area contributed by atoms with Crippen LogP contribution in [0.3, 0.4) is 0 Å². The number of rotatable bonds is 3. The van der Waals surface area contributed by atoms with E-state index in [4.69, 9.17) is 0 Å². The van der Waals surface area contributed by atoms with Crippen molar-refractivity contribution in [1.82, 2.24) is 19.7 Å². The predicted molar refractivity (Wildman–Crippen MR) is 73.5 cm³/mol. The quantitative estimate of drug-likeness (QED) is 0.785. The molecule has 2 aromatic heterocycles. The van der Waals surface area contributed by atoms with Gasteiger partial charge in [0.1, 0.15) is 6.33 Å². The van der Waals surface area contributed by atoms with Gasteiger partial charge in [0.15, 0.2) is 11.5 Å². The first-order valence-electron chi connectivity index (χ1n) is 6.01. The molecule has 0 fully saturated rings. The number of para-hydroxylation sites is 1. The lowest BCUT2D eigenvalue weighted by Crippen LogP contribution is -2.14. The monoisotopic (exact) mass is 265 g/mol. The highest BCUT2D eigenvalue weighted by atomic mass is 16.1. The smallest absolute Gasteiger partial charge is 0.276 e. The number of carbonyl (C=O) groups excluding carboxylic acids is 1. The Labute approximate surface area is 115 Å². The first-order valence-corrected chi connectivity index (χ1v) is 6.01. The third-order valence-electron chi connectivity index (χ3n) is 2.68. The van der Waals surface area contributed by atoms with Crippen molar-refractivity contribution in [2.75, 3.05) is 5.32 Å². The number of amides is 1. The Bertz CT molecular complexity index is 692. The van der Waals surface area contributed by atoms with Crippen molar-refractivity contribution in [1.29, 1.82) is 0 Å². The fourth-order valence-corrected chi connectivity index (χ4v) is 1.70. The zero-order valence-corrected chi connectivity index (χ0v) is 10.5. The number of carbonyl (C=O) groups is 1. The first-order chi connectivity index (χ1) is 9.83. The summed E-state index contributed by atoms with van der Waals surface area (Å²) in [6, 6.07) is 12.5. The van der Waals surface area contributed by atoms with Crippen LogP contribution in [0, 0.1) is 0 Å². The Morgan fingerprint density at radius 2 is 1.90 bits per heavy atom. The van der Waals surface area contributed by atoms with Gasteiger partial charge in [-0.25, -0.2) is 4.98 Å². The Morgan fingerprint density at radius 3 is 2.55 bits per heavy atom. The van der Waals surface area contributed by atoms with E-state index < -0.39 is 0 Å². The minimum atomic E-state index is -0.291. The van der Waals surface area contributed by atoms with Crippen LogP contribution in [-0.4, -0.2) is 25.7 Å². The number of aromatic nitrogens is 4. The van der Waals surface area contributed by atoms with Gasteiger partial charge in [-0.2, -0.15) is 0 Å². The molecule has 6 nitrogen and oxygen atoms in total. The molecule has 0 saturated carbocycles. The Morgan fingerprint density at radius 1 is 1.05 bits per heavy atom. The molecule has 20 heavy (non-hydrogen) atoms. The van der Waals surface area contributed by atoms with Gasteiger partial charge in [0, 0.05) is 18.1 Å². The fraction of sp³-hybridized carbons (Fsp3) is 0. The van der Waals surface area contributed by atoms with Crippen molar-refractivity contribution >= 4 is 11.6 Å². The van der Waals surface area contributed by atoms with Crippen molar-refractivity contribution in [2.45, 2.75) is 0 Å². The number of anilines is 1. The molecule has 0 aliphatic rings. The molecule has 0 saturated heterocycles. The van der Waals surface area contributed by atoms with Crippen LogP contribution in [0.4, 0.5) is 5.69 Å². The summed E-state index contributed by atoms with van der Waals surface area (Å²) in [6.45, 7) is 0. The van der Waals surface area contributed by atoms with Crippen molar-refractivity contribution < 1.29 is 4.79 Å². The highest BCUT2D eigenvalue weighted by molar-refractivity contribution is 6.02. The lowest BCUT2D eigenvalue weighted by atomic mass is 10.3. The van der Waals surface area contributed by atoms with Gasteiger partial charge in [-0.1, -0.05) is 18.2 Å². The maximum atomic E-state index is 12.0. The van der Waals surface area contributed by atoms with Crippen molar-refractivity contribution in [3.8, 4) is 5.82 Å². The number of benzene rings is 1. The van der Waals surface area contributed by atoms with E-state index in [9.17, 15) is 4.79 Å². The minimum absolute atomic E-state index is 0.262. The van der Waals surface area contributed by atoms with Gasteiger partial charge in [-0.3, -0.25) is 9.36 Å². The van der Waals surface area contributed by atoms with Crippen LogP contribution in [0.2, 0.25) is 0 Å². The molecule has 6 heteroatoms. The molecule has 0 unspecified atom stereocenters. The summed E-state index contributed by atoms with van der Waals surface area (Å²) in [7, 11) is 0. The van der Waals surface area contributed by atoms with E-state index in [2.05, 4.69) is 20.5 Å². The van der Waals surface area contributed by atoms with Gasteiger partial charge >= 0.3 is 0 Å². The molecular formula is C14H11N5O. The molecule has 1 amide bonds. The van der Waals surface area contributed by atoms with E-state index in [1.807, 2.05) is 30.3 Å². The molecule has 0 radical (unpaired) electrons. The van der Waals surface area contributed by atoms with Crippen LogP contribution in [0.1, 0.15) is 10.5 Å². The van der Waals surface area contributed by atoms with Crippen LogP contribution in [0.5, 0.6) is 0 Å². The van der Waals surface area contributed by atoms with E-state index in [0.29, 0.717) is 5.82 Å². The maximum absolute atomic E-state index is 12.0. The highest BCUT2D eigenvalue weighted by Gasteiger charge is 2.08. The SMILES string of the molecule is O=C(Nc1ccccc1)c1ccc(-n2ccnc2)nn1.